The minimum Gasteiger partial charge on any atom is -0.487 e. The third-order valence-corrected chi connectivity index (χ3v) is 5.52. The fourth-order valence-corrected chi connectivity index (χ4v) is 3.74. The highest BCUT2D eigenvalue weighted by molar-refractivity contribution is 5.79. The maximum Gasteiger partial charge on any atom is 0.336 e. The van der Waals surface area contributed by atoms with Crippen molar-refractivity contribution in [2.75, 3.05) is 6.61 Å². The van der Waals surface area contributed by atoms with Gasteiger partial charge in [0.1, 0.15) is 47.5 Å². The average Bonchev–Trinajstić information content (AvgIpc) is 3.10. The molecule has 0 amide bonds. The second kappa shape index (κ2) is 7.35. The second-order valence-corrected chi connectivity index (χ2v) is 7.98. The van der Waals surface area contributed by atoms with Crippen LogP contribution in [-0.2, 0) is 15.9 Å². The number of ether oxygens (including phenoxy) is 3. The monoisotopic (exact) mass is 408 g/mol. The first-order valence-corrected chi connectivity index (χ1v) is 9.41. The summed E-state index contributed by atoms with van der Waals surface area (Å²) in [5.41, 5.74) is -0.0654. The summed E-state index contributed by atoms with van der Waals surface area (Å²) < 4.78 is 22.6. The van der Waals surface area contributed by atoms with Crippen LogP contribution in [-0.4, -0.2) is 69.4 Å². The van der Waals surface area contributed by atoms with Crippen molar-refractivity contribution in [3.8, 4) is 5.75 Å². The molecule has 3 heterocycles. The molecular weight excluding hydrogens is 384 g/mol. The van der Waals surface area contributed by atoms with Crippen molar-refractivity contribution in [2.24, 2.45) is 0 Å². The van der Waals surface area contributed by atoms with E-state index < -0.39 is 54.6 Å². The van der Waals surface area contributed by atoms with E-state index in [0.717, 1.165) is 10.9 Å². The largest absolute Gasteiger partial charge is 0.487 e. The minimum absolute atomic E-state index is 0.421. The van der Waals surface area contributed by atoms with Gasteiger partial charge in [-0.15, -0.1) is 0 Å². The minimum atomic E-state index is -1.52. The van der Waals surface area contributed by atoms with Gasteiger partial charge in [-0.05, 0) is 31.5 Å². The van der Waals surface area contributed by atoms with Crippen molar-refractivity contribution in [3.05, 3.63) is 40.2 Å². The van der Waals surface area contributed by atoms with Crippen molar-refractivity contribution in [1.82, 2.24) is 0 Å². The molecule has 1 aromatic carbocycles. The molecule has 0 unspecified atom stereocenters. The highest BCUT2D eigenvalue weighted by Crippen LogP contribution is 2.38. The Morgan fingerprint density at radius 1 is 1.14 bits per heavy atom. The van der Waals surface area contributed by atoms with Gasteiger partial charge in [-0.3, -0.25) is 0 Å². The molecule has 2 aliphatic heterocycles. The molecule has 0 saturated carbocycles. The van der Waals surface area contributed by atoms with E-state index in [1.807, 2.05) is 6.07 Å². The van der Waals surface area contributed by atoms with Crippen LogP contribution in [0.15, 0.2) is 33.5 Å². The van der Waals surface area contributed by atoms with Crippen molar-refractivity contribution in [2.45, 2.75) is 62.7 Å². The first kappa shape index (κ1) is 20.3. The van der Waals surface area contributed by atoms with Crippen LogP contribution in [0.5, 0.6) is 5.75 Å². The molecule has 4 N–H and O–H groups in total. The maximum absolute atomic E-state index is 11.4. The molecule has 0 radical (unpaired) electrons. The number of aliphatic hydroxyl groups is 4. The van der Waals surface area contributed by atoms with Crippen LogP contribution in [0.25, 0.3) is 11.0 Å². The van der Waals surface area contributed by atoms with Gasteiger partial charge in [0.05, 0.1) is 6.61 Å². The van der Waals surface area contributed by atoms with Crippen molar-refractivity contribution in [3.63, 3.8) is 0 Å². The standard InChI is InChI=1S/C20H24O9/c1-20(2,29-19-18(25)17(24)16(23)13(8-21)28-19)14-6-10-5-9-3-4-15(22)27-11(9)7-12(10)26-14/h3-5,7,13-14,16-19,21,23-25H,6,8H2,1-2H3/t13-,14-,16+,17+,18+,19+/m0/s1. The summed E-state index contributed by atoms with van der Waals surface area (Å²) in [4.78, 5) is 11.4. The summed E-state index contributed by atoms with van der Waals surface area (Å²) in [5.74, 6) is 0.572. The van der Waals surface area contributed by atoms with Crippen molar-refractivity contribution in [1.29, 1.82) is 0 Å². The van der Waals surface area contributed by atoms with E-state index in [-0.39, 0.29) is 0 Å². The molecule has 6 atom stereocenters. The van der Waals surface area contributed by atoms with Crippen LogP contribution >= 0.6 is 0 Å². The molecule has 1 aromatic heterocycles. The number of aliphatic hydroxyl groups excluding tert-OH is 4. The van der Waals surface area contributed by atoms with Crippen LogP contribution in [0.1, 0.15) is 19.4 Å². The third-order valence-electron chi connectivity index (χ3n) is 5.52. The zero-order chi connectivity index (χ0) is 20.9. The quantitative estimate of drug-likeness (QED) is 0.502. The van der Waals surface area contributed by atoms with Gasteiger partial charge in [0, 0.05) is 23.9 Å². The van der Waals surface area contributed by atoms with Crippen LogP contribution in [0, 0.1) is 0 Å². The Morgan fingerprint density at radius 2 is 1.90 bits per heavy atom. The molecule has 0 aliphatic carbocycles. The molecule has 9 nitrogen and oxygen atoms in total. The Morgan fingerprint density at radius 3 is 2.62 bits per heavy atom. The smallest absolute Gasteiger partial charge is 0.336 e. The lowest BCUT2D eigenvalue weighted by atomic mass is 9.95. The number of benzene rings is 1. The van der Waals surface area contributed by atoms with E-state index >= 15 is 0 Å². The summed E-state index contributed by atoms with van der Waals surface area (Å²) in [6.45, 7) is 2.98. The highest BCUT2D eigenvalue weighted by atomic mass is 16.7. The number of rotatable bonds is 4. The predicted octanol–water partition coefficient (Wildman–Crippen LogP) is -0.308. The third kappa shape index (κ3) is 3.65. The number of fused-ring (bicyclic) bond motifs is 2. The van der Waals surface area contributed by atoms with Gasteiger partial charge in [0.15, 0.2) is 6.29 Å². The summed E-state index contributed by atoms with van der Waals surface area (Å²) in [7, 11) is 0. The molecule has 1 fully saturated rings. The summed E-state index contributed by atoms with van der Waals surface area (Å²) in [6, 6.07) is 6.59. The Labute approximate surface area is 166 Å². The van der Waals surface area contributed by atoms with E-state index in [1.54, 1.807) is 26.0 Å². The Hall–Kier alpha value is -2.01. The summed E-state index contributed by atoms with van der Waals surface area (Å²) in [5, 5.41) is 40.2. The summed E-state index contributed by atoms with van der Waals surface area (Å²) in [6.07, 6.45) is -6.71. The van der Waals surface area contributed by atoms with E-state index in [1.165, 1.54) is 6.07 Å². The highest BCUT2D eigenvalue weighted by Gasteiger charge is 2.48. The molecule has 158 valence electrons. The van der Waals surface area contributed by atoms with Crippen molar-refractivity contribution < 1.29 is 39.1 Å². The fraction of sp³-hybridized carbons (Fsp3) is 0.550. The van der Waals surface area contributed by atoms with Gasteiger partial charge in [-0.1, -0.05) is 0 Å². The van der Waals surface area contributed by atoms with E-state index in [4.69, 9.17) is 18.6 Å². The molecule has 2 aromatic rings. The normalized spacial score (nSPS) is 32.2. The maximum atomic E-state index is 11.4. The van der Waals surface area contributed by atoms with Crippen LogP contribution in [0.3, 0.4) is 0 Å². The molecule has 4 rings (SSSR count). The molecule has 2 aliphatic rings. The Bertz CT molecular complexity index is 951. The molecule has 9 heteroatoms. The lowest BCUT2D eigenvalue weighted by molar-refractivity contribution is -0.329. The first-order chi connectivity index (χ1) is 13.7. The van der Waals surface area contributed by atoms with Gasteiger partial charge >= 0.3 is 5.63 Å². The van der Waals surface area contributed by atoms with Gasteiger partial charge in [0.2, 0.25) is 0 Å². The Balaban J connectivity index is 1.53. The van der Waals surface area contributed by atoms with Gasteiger partial charge in [-0.25, -0.2) is 4.79 Å². The van der Waals surface area contributed by atoms with Crippen LogP contribution in [0.2, 0.25) is 0 Å². The number of hydrogen-bond acceptors (Lipinski definition) is 9. The predicted molar refractivity (Wildman–Crippen MR) is 99.5 cm³/mol. The van der Waals surface area contributed by atoms with Gasteiger partial charge in [-0.2, -0.15) is 0 Å². The molecule has 1 saturated heterocycles. The lowest BCUT2D eigenvalue weighted by Gasteiger charge is -2.43. The topological polar surface area (TPSA) is 139 Å². The molecular formula is C20H24O9. The van der Waals surface area contributed by atoms with Crippen molar-refractivity contribution >= 4 is 11.0 Å². The van der Waals surface area contributed by atoms with Gasteiger partial charge in [0.25, 0.3) is 0 Å². The second-order valence-electron chi connectivity index (χ2n) is 7.98. The lowest BCUT2D eigenvalue weighted by Crippen LogP contribution is -2.61. The zero-order valence-electron chi connectivity index (χ0n) is 16.0. The molecule has 0 spiro atoms. The van der Waals surface area contributed by atoms with Gasteiger partial charge < -0.3 is 39.1 Å². The number of hydrogen-bond donors (Lipinski definition) is 4. The van der Waals surface area contributed by atoms with E-state index in [0.29, 0.717) is 17.8 Å². The van der Waals surface area contributed by atoms with E-state index in [9.17, 15) is 25.2 Å². The fourth-order valence-electron chi connectivity index (χ4n) is 3.74. The molecule has 0 bridgehead atoms. The Kier molecular flexibility index (Phi) is 5.14. The van der Waals surface area contributed by atoms with Crippen LogP contribution < -0.4 is 10.4 Å². The van der Waals surface area contributed by atoms with Crippen LogP contribution in [0.4, 0.5) is 0 Å². The SMILES string of the molecule is CC(C)(O[C@H]1O[C@@H](CO)[C@@H](O)[C@@H](O)[C@H]1O)[C@@H]1Cc2cc3ccc(=O)oc3cc2O1. The first-order valence-electron chi connectivity index (χ1n) is 9.41. The molecule has 29 heavy (non-hydrogen) atoms. The zero-order valence-corrected chi connectivity index (χ0v) is 16.0. The average molecular weight is 408 g/mol. The summed E-state index contributed by atoms with van der Waals surface area (Å²) >= 11 is 0. The van der Waals surface area contributed by atoms with E-state index in [2.05, 4.69) is 0 Å².